The monoisotopic (exact) mass is 455 g/mol. The predicted molar refractivity (Wildman–Crippen MR) is 119 cm³/mol. The zero-order valence-electron chi connectivity index (χ0n) is 19.0. The van der Waals surface area contributed by atoms with Crippen molar-refractivity contribution in [3.05, 3.63) is 0 Å². The van der Waals surface area contributed by atoms with Crippen molar-refractivity contribution in [2.75, 3.05) is 13.1 Å². The van der Waals surface area contributed by atoms with E-state index in [1.165, 1.54) is 4.90 Å². The third-order valence-corrected chi connectivity index (χ3v) is 5.13. The summed E-state index contributed by atoms with van der Waals surface area (Å²) in [6.45, 7) is 6.00. The number of carbonyl (C=O) groups is 4. The Morgan fingerprint density at radius 1 is 1.12 bits per heavy atom. The molecule has 1 aliphatic heterocycles. The molecule has 0 aromatic carbocycles. The van der Waals surface area contributed by atoms with Gasteiger partial charge in [0, 0.05) is 13.1 Å². The van der Waals surface area contributed by atoms with Gasteiger partial charge < -0.3 is 37.8 Å². The zero-order chi connectivity index (χ0) is 24.4. The lowest BCUT2D eigenvalue weighted by Crippen LogP contribution is -2.56. The summed E-state index contributed by atoms with van der Waals surface area (Å²) in [7, 11) is 0. The Balaban J connectivity index is 2.83. The quantitative estimate of drug-likeness (QED) is 0.115. The maximum absolute atomic E-state index is 12.9. The lowest BCUT2D eigenvalue weighted by molar-refractivity contribution is -0.143. The standard InChI is InChI=1S/C20H37N7O5/c1-11(2)10-14(16(28)25-13(19(31)32)6-4-8-24-20(22)23)26-17(29)15-7-5-9-27(15)18(30)12(3)21/h11-15H,4-10,21H2,1-3H3,(H,25,28)(H,26,29)(H,31,32)(H4,22,23,24). The van der Waals surface area contributed by atoms with Crippen LogP contribution in [0.5, 0.6) is 0 Å². The molecule has 0 aromatic rings. The number of aliphatic carboxylic acids is 1. The second-order valence-corrected chi connectivity index (χ2v) is 8.52. The predicted octanol–water partition coefficient (Wildman–Crippen LogP) is -1.52. The minimum absolute atomic E-state index is 0.0570. The largest absolute Gasteiger partial charge is 0.480 e. The maximum atomic E-state index is 12.9. The molecule has 12 nitrogen and oxygen atoms in total. The van der Waals surface area contributed by atoms with Gasteiger partial charge in [0.25, 0.3) is 0 Å². The fourth-order valence-electron chi connectivity index (χ4n) is 3.57. The first-order valence-electron chi connectivity index (χ1n) is 10.9. The molecule has 32 heavy (non-hydrogen) atoms. The lowest BCUT2D eigenvalue weighted by atomic mass is 10.0. The molecule has 4 unspecified atom stereocenters. The summed E-state index contributed by atoms with van der Waals surface area (Å²) in [5, 5.41) is 14.7. The Morgan fingerprint density at radius 2 is 1.78 bits per heavy atom. The van der Waals surface area contributed by atoms with Crippen molar-refractivity contribution >= 4 is 29.7 Å². The van der Waals surface area contributed by atoms with Crippen LogP contribution in [0.2, 0.25) is 0 Å². The number of carboxylic acid groups (broad SMARTS) is 1. The van der Waals surface area contributed by atoms with Crippen LogP contribution in [0.4, 0.5) is 0 Å². The summed E-state index contributed by atoms with van der Waals surface area (Å²) in [5.41, 5.74) is 16.2. The van der Waals surface area contributed by atoms with Crippen molar-refractivity contribution in [2.45, 2.75) is 77.0 Å². The molecular weight excluding hydrogens is 418 g/mol. The Hall–Kier alpha value is -2.89. The molecule has 12 heteroatoms. The van der Waals surface area contributed by atoms with Gasteiger partial charge in [0.15, 0.2) is 5.96 Å². The van der Waals surface area contributed by atoms with Crippen molar-refractivity contribution in [1.29, 1.82) is 0 Å². The Bertz CT molecular complexity index is 706. The van der Waals surface area contributed by atoms with Crippen molar-refractivity contribution in [3.8, 4) is 0 Å². The molecule has 0 bridgehead atoms. The minimum atomic E-state index is -1.19. The minimum Gasteiger partial charge on any atom is -0.480 e. The molecule has 1 heterocycles. The van der Waals surface area contributed by atoms with Gasteiger partial charge in [0.05, 0.1) is 6.04 Å². The molecule has 0 radical (unpaired) electrons. The van der Waals surface area contributed by atoms with Crippen molar-refractivity contribution < 1.29 is 24.3 Å². The number of nitrogens with zero attached hydrogens (tertiary/aromatic N) is 2. The molecule has 4 atom stereocenters. The van der Waals surface area contributed by atoms with E-state index in [9.17, 15) is 24.3 Å². The molecule has 0 spiro atoms. The zero-order valence-corrected chi connectivity index (χ0v) is 19.0. The van der Waals surface area contributed by atoms with Crippen LogP contribution in [0, 0.1) is 5.92 Å². The van der Waals surface area contributed by atoms with E-state index in [0.29, 0.717) is 32.2 Å². The maximum Gasteiger partial charge on any atom is 0.326 e. The average Bonchev–Trinajstić information content (AvgIpc) is 3.17. The molecule has 3 amide bonds. The SMILES string of the molecule is CC(C)CC(NC(=O)C1CCCN1C(=O)C(C)N)C(=O)NC(CCCN=C(N)N)C(=O)O. The number of rotatable bonds is 12. The van der Waals surface area contributed by atoms with Crippen LogP contribution < -0.4 is 27.8 Å². The summed E-state index contributed by atoms with van der Waals surface area (Å²) in [6.07, 6.45) is 1.93. The topological polar surface area (TPSA) is 206 Å². The summed E-state index contributed by atoms with van der Waals surface area (Å²) in [4.78, 5) is 54.9. The first kappa shape index (κ1) is 27.1. The van der Waals surface area contributed by atoms with E-state index >= 15 is 0 Å². The first-order valence-corrected chi connectivity index (χ1v) is 10.9. The smallest absolute Gasteiger partial charge is 0.326 e. The number of likely N-dealkylation sites (tertiary alicyclic amines) is 1. The summed E-state index contributed by atoms with van der Waals surface area (Å²) in [6, 6.07) is -3.51. The fraction of sp³-hybridized carbons (Fsp3) is 0.750. The van der Waals surface area contributed by atoms with E-state index in [1.807, 2.05) is 13.8 Å². The van der Waals surface area contributed by atoms with Crippen molar-refractivity contribution in [3.63, 3.8) is 0 Å². The molecule has 1 rings (SSSR count). The molecule has 182 valence electrons. The van der Waals surface area contributed by atoms with Crippen LogP contribution >= 0.6 is 0 Å². The number of hydrogen-bond donors (Lipinski definition) is 6. The van der Waals surface area contributed by atoms with Gasteiger partial charge in [0.1, 0.15) is 18.1 Å². The van der Waals surface area contributed by atoms with Crippen molar-refractivity contribution in [1.82, 2.24) is 15.5 Å². The highest BCUT2D eigenvalue weighted by Gasteiger charge is 2.37. The number of hydrogen-bond acceptors (Lipinski definition) is 6. The van der Waals surface area contributed by atoms with Gasteiger partial charge in [-0.25, -0.2) is 4.79 Å². The molecule has 0 saturated carbocycles. The molecule has 1 fully saturated rings. The van der Waals surface area contributed by atoms with Crippen LogP contribution in [-0.2, 0) is 19.2 Å². The lowest BCUT2D eigenvalue weighted by Gasteiger charge is -2.28. The Kier molecular flexibility index (Phi) is 10.9. The normalized spacial score (nSPS) is 18.5. The van der Waals surface area contributed by atoms with Crippen LogP contribution in [0.25, 0.3) is 0 Å². The number of guanidine groups is 1. The van der Waals surface area contributed by atoms with Gasteiger partial charge in [-0.3, -0.25) is 19.4 Å². The fourth-order valence-corrected chi connectivity index (χ4v) is 3.57. The molecule has 0 aromatic heterocycles. The van der Waals surface area contributed by atoms with Gasteiger partial charge in [-0.05, 0) is 44.9 Å². The number of nitrogens with one attached hydrogen (secondary N) is 2. The highest BCUT2D eigenvalue weighted by atomic mass is 16.4. The molecule has 1 aliphatic rings. The second-order valence-electron chi connectivity index (χ2n) is 8.52. The van der Waals surface area contributed by atoms with Crippen LogP contribution in [0.15, 0.2) is 4.99 Å². The van der Waals surface area contributed by atoms with E-state index < -0.39 is 42.0 Å². The first-order chi connectivity index (χ1) is 14.9. The second kappa shape index (κ2) is 12.8. The number of amides is 3. The van der Waals surface area contributed by atoms with Gasteiger partial charge in [-0.1, -0.05) is 13.8 Å². The highest BCUT2D eigenvalue weighted by molar-refractivity contribution is 5.94. The molecule has 1 saturated heterocycles. The van der Waals surface area contributed by atoms with Crippen LogP contribution in [0.1, 0.15) is 52.9 Å². The number of carboxylic acids is 1. The third-order valence-electron chi connectivity index (χ3n) is 5.13. The number of carbonyl (C=O) groups excluding carboxylic acids is 3. The van der Waals surface area contributed by atoms with E-state index in [1.54, 1.807) is 6.92 Å². The number of nitrogens with two attached hydrogens (primary N) is 3. The molecule has 9 N–H and O–H groups in total. The van der Waals surface area contributed by atoms with E-state index in [-0.39, 0.29) is 30.8 Å². The third kappa shape index (κ3) is 8.69. The van der Waals surface area contributed by atoms with Gasteiger partial charge in [-0.15, -0.1) is 0 Å². The highest BCUT2D eigenvalue weighted by Crippen LogP contribution is 2.19. The summed E-state index contributed by atoms with van der Waals surface area (Å²) in [5.74, 6) is -2.59. The summed E-state index contributed by atoms with van der Waals surface area (Å²) < 4.78 is 0. The van der Waals surface area contributed by atoms with Gasteiger partial charge in [-0.2, -0.15) is 0 Å². The van der Waals surface area contributed by atoms with E-state index in [0.717, 1.165) is 0 Å². The van der Waals surface area contributed by atoms with Gasteiger partial charge >= 0.3 is 5.97 Å². The molecule has 0 aliphatic carbocycles. The number of aliphatic imine (C=N–C) groups is 1. The Labute approximate surface area is 188 Å². The van der Waals surface area contributed by atoms with E-state index in [2.05, 4.69) is 15.6 Å². The molecular formula is C20H37N7O5. The van der Waals surface area contributed by atoms with Crippen molar-refractivity contribution in [2.24, 2.45) is 28.1 Å². The van der Waals surface area contributed by atoms with Crippen LogP contribution in [-0.4, -0.2) is 76.9 Å². The Morgan fingerprint density at radius 3 is 2.31 bits per heavy atom. The summed E-state index contributed by atoms with van der Waals surface area (Å²) >= 11 is 0. The van der Waals surface area contributed by atoms with Gasteiger partial charge in [0.2, 0.25) is 17.7 Å². The van der Waals surface area contributed by atoms with E-state index in [4.69, 9.17) is 17.2 Å². The average molecular weight is 456 g/mol. The van der Waals surface area contributed by atoms with Crippen LogP contribution in [0.3, 0.4) is 0 Å².